The summed E-state index contributed by atoms with van der Waals surface area (Å²) in [5.74, 6) is 0.386. The van der Waals surface area contributed by atoms with Crippen molar-refractivity contribution < 1.29 is 9.90 Å². The van der Waals surface area contributed by atoms with E-state index in [9.17, 15) is 4.79 Å². The summed E-state index contributed by atoms with van der Waals surface area (Å²) >= 11 is 5.22. The number of aromatic nitrogens is 1. The number of amides is 1. The topological polar surface area (TPSA) is 104 Å². The van der Waals surface area contributed by atoms with Crippen LogP contribution in [0.3, 0.4) is 0 Å². The van der Waals surface area contributed by atoms with Gasteiger partial charge in [0, 0.05) is 25.3 Å². The maximum Gasteiger partial charge on any atom is 0.407 e. The van der Waals surface area contributed by atoms with Crippen molar-refractivity contribution in [3.05, 3.63) is 18.3 Å². The largest absolute Gasteiger partial charge is 0.465 e. The molecule has 2 rings (SSSR count). The molecular weight excluding hydrogens is 278 g/mol. The van der Waals surface area contributed by atoms with E-state index in [0.29, 0.717) is 29.7 Å². The second kappa shape index (κ2) is 6.38. The molecule has 1 aliphatic heterocycles. The summed E-state index contributed by atoms with van der Waals surface area (Å²) in [7, 11) is 0. The summed E-state index contributed by atoms with van der Waals surface area (Å²) in [5.41, 5.74) is 6.38. The summed E-state index contributed by atoms with van der Waals surface area (Å²) in [4.78, 5) is 16.2. The van der Waals surface area contributed by atoms with E-state index in [2.05, 4.69) is 15.6 Å². The number of hydrogen-bond donors (Lipinski definition) is 4. The van der Waals surface area contributed by atoms with Gasteiger partial charge in [-0.25, -0.2) is 9.78 Å². The standard InChI is InChI=1S/C12H17N5O2S/c13-10-9(2-1-5-14-10)16-11(20)15-8-3-6-17(7-4-8)12(18)19/h1-2,5,8H,3-4,6-7H2,(H2,13,14)(H,18,19)(H2,15,16,20). The Bertz CT molecular complexity index is 502. The van der Waals surface area contributed by atoms with E-state index in [4.69, 9.17) is 23.1 Å². The molecule has 20 heavy (non-hydrogen) atoms. The van der Waals surface area contributed by atoms with Crippen molar-refractivity contribution in [1.82, 2.24) is 15.2 Å². The van der Waals surface area contributed by atoms with Crippen molar-refractivity contribution in [3.8, 4) is 0 Å². The highest BCUT2D eigenvalue weighted by Gasteiger charge is 2.22. The van der Waals surface area contributed by atoms with E-state index in [1.54, 1.807) is 18.3 Å². The number of anilines is 2. The van der Waals surface area contributed by atoms with Crippen molar-refractivity contribution in [1.29, 1.82) is 0 Å². The smallest absolute Gasteiger partial charge is 0.407 e. The first-order chi connectivity index (χ1) is 9.56. The van der Waals surface area contributed by atoms with Crippen LogP contribution in [-0.4, -0.2) is 45.3 Å². The molecule has 0 aromatic carbocycles. The van der Waals surface area contributed by atoms with E-state index in [1.165, 1.54) is 4.90 Å². The summed E-state index contributed by atoms with van der Waals surface area (Å²) in [6.45, 7) is 1.04. The number of carbonyl (C=O) groups is 1. The molecule has 1 aromatic heterocycles. The number of hydrogen-bond acceptors (Lipinski definition) is 4. The summed E-state index contributed by atoms with van der Waals surface area (Å²) in [6.07, 6.45) is 2.21. The Morgan fingerprint density at radius 3 is 2.80 bits per heavy atom. The first-order valence-corrected chi connectivity index (χ1v) is 6.73. The zero-order valence-corrected chi connectivity index (χ0v) is 11.7. The maximum atomic E-state index is 10.8. The molecule has 1 aliphatic rings. The number of nitrogen functional groups attached to an aromatic ring is 1. The Kier molecular flexibility index (Phi) is 4.57. The second-order valence-corrected chi connectivity index (χ2v) is 4.99. The number of nitrogens with two attached hydrogens (primary N) is 1. The number of carboxylic acid groups (broad SMARTS) is 1. The summed E-state index contributed by atoms with van der Waals surface area (Å²) in [5, 5.41) is 15.5. The Morgan fingerprint density at radius 1 is 1.50 bits per heavy atom. The van der Waals surface area contributed by atoms with E-state index in [0.717, 1.165) is 12.8 Å². The van der Waals surface area contributed by atoms with Gasteiger partial charge in [0.05, 0.1) is 5.69 Å². The predicted molar refractivity (Wildman–Crippen MR) is 80.6 cm³/mol. The number of thiocarbonyl (C=S) groups is 1. The van der Waals surface area contributed by atoms with Gasteiger partial charge < -0.3 is 26.4 Å². The van der Waals surface area contributed by atoms with Crippen molar-refractivity contribution in [3.63, 3.8) is 0 Å². The van der Waals surface area contributed by atoms with Gasteiger partial charge in [-0.1, -0.05) is 0 Å². The lowest BCUT2D eigenvalue weighted by Gasteiger charge is -2.31. The second-order valence-electron chi connectivity index (χ2n) is 4.58. The fourth-order valence-electron chi connectivity index (χ4n) is 2.08. The van der Waals surface area contributed by atoms with Crippen LogP contribution in [0.25, 0.3) is 0 Å². The van der Waals surface area contributed by atoms with Crippen LogP contribution in [0, 0.1) is 0 Å². The lowest BCUT2D eigenvalue weighted by Crippen LogP contribution is -2.47. The average Bonchev–Trinajstić information content (AvgIpc) is 2.42. The average molecular weight is 295 g/mol. The zero-order chi connectivity index (χ0) is 14.5. The molecule has 0 unspecified atom stereocenters. The Balaban J connectivity index is 1.81. The molecular formula is C12H17N5O2S. The highest BCUT2D eigenvalue weighted by Crippen LogP contribution is 2.14. The van der Waals surface area contributed by atoms with E-state index < -0.39 is 6.09 Å². The van der Waals surface area contributed by atoms with Gasteiger partial charge in [0.1, 0.15) is 5.82 Å². The normalized spacial score (nSPS) is 15.7. The minimum atomic E-state index is -0.868. The molecule has 1 aromatic rings. The molecule has 0 saturated carbocycles. The van der Waals surface area contributed by atoms with E-state index in [1.807, 2.05) is 0 Å². The molecule has 1 saturated heterocycles. The van der Waals surface area contributed by atoms with Gasteiger partial charge in [0.25, 0.3) is 0 Å². The number of piperidine rings is 1. The minimum absolute atomic E-state index is 0.170. The highest BCUT2D eigenvalue weighted by molar-refractivity contribution is 7.80. The van der Waals surface area contributed by atoms with Crippen molar-refractivity contribution in [2.45, 2.75) is 18.9 Å². The summed E-state index contributed by atoms with van der Waals surface area (Å²) < 4.78 is 0. The van der Waals surface area contributed by atoms with Crippen molar-refractivity contribution >= 4 is 34.9 Å². The fraction of sp³-hybridized carbons (Fsp3) is 0.417. The SMILES string of the molecule is Nc1ncccc1NC(=S)NC1CCN(C(=O)O)CC1. The van der Waals surface area contributed by atoms with Crippen LogP contribution in [0.2, 0.25) is 0 Å². The Labute approximate surface area is 122 Å². The van der Waals surface area contributed by atoms with E-state index in [-0.39, 0.29) is 6.04 Å². The molecule has 1 fully saturated rings. The Morgan fingerprint density at radius 2 is 2.20 bits per heavy atom. The maximum absolute atomic E-state index is 10.8. The minimum Gasteiger partial charge on any atom is -0.465 e. The van der Waals surface area contributed by atoms with Gasteiger partial charge in [0.15, 0.2) is 5.11 Å². The van der Waals surface area contributed by atoms with Crippen LogP contribution in [-0.2, 0) is 0 Å². The lowest BCUT2D eigenvalue weighted by molar-refractivity contribution is 0.131. The molecule has 1 amide bonds. The molecule has 8 heteroatoms. The third-order valence-corrected chi connectivity index (χ3v) is 3.41. The summed E-state index contributed by atoms with van der Waals surface area (Å²) in [6, 6.07) is 3.74. The van der Waals surface area contributed by atoms with Gasteiger partial charge in [-0.05, 0) is 37.2 Å². The monoisotopic (exact) mass is 295 g/mol. The Hall–Kier alpha value is -2.09. The van der Waals surface area contributed by atoms with Crippen LogP contribution >= 0.6 is 12.2 Å². The third-order valence-electron chi connectivity index (χ3n) is 3.19. The number of likely N-dealkylation sites (tertiary alicyclic amines) is 1. The fourth-order valence-corrected chi connectivity index (χ4v) is 2.36. The number of rotatable bonds is 2. The predicted octanol–water partition coefficient (Wildman–Crippen LogP) is 1.09. The zero-order valence-electron chi connectivity index (χ0n) is 10.9. The van der Waals surface area contributed by atoms with Crippen molar-refractivity contribution in [2.75, 3.05) is 24.1 Å². The molecule has 5 N–H and O–H groups in total. The molecule has 7 nitrogen and oxygen atoms in total. The molecule has 108 valence electrons. The molecule has 0 aliphatic carbocycles. The van der Waals surface area contributed by atoms with Gasteiger partial charge in [0.2, 0.25) is 0 Å². The molecule has 2 heterocycles. The van der Waals surface area contributed by atoms with Crippen LogP contribution in [0.4, 0.5) is 16.3 Å². The van der Waals surface area contributed by atoms with Crippen LogP contribution in [0.15, 0.2) is 18.3 Å². The first-order valence-electron chi connectivity index (χ1n) is 6.32. The number of pyridine rings is 1. The highest BCUT2D eigenvalue weighted by atomic mass is 32.1. The van der Waals surface area contributed by atoms with Gasteiger partial charge in [-0.3, -0.25) is 0 Å². The molecule has 0 radical (unpaired) electrons. The quantitative estimate of drug-likeness (QED) is 0.606. The molecule has 0 bridgehead atoms. The number of nitrogens with one attached hydrogen (secondary N) is 2. The third kappa shape index (κ3) is 3.70. The van der Waals surface area contributed by atoms with Gasteiger partial charge in [-0.15, -0.1) is 0 Å². The van der Waals surface area contributed by atoms with E-state index >= 15 is 0 Å². The molecule has 0 spiro atoms. The van der Waals surface area contributed by atoms with Crippen LogP contribution in [0.1, 0.15) is 12.8 Å². The number of nitrogens with zero attached hydrogens (tertiary/aromatic N) is 2. The lowest BCUT2D eigenvalue weighted by atomic mass is 10.1. The van der Waals surface area contributed by atoms with Gasteiger partial charge in [-0.2, -0.15) is 0 Å². The first kappa shape index (κ1) is 14.3. The van der Waals surface area contributed by atoms with Crippen molar-refractivity contribution in [2.24, 2.45) is 0 Å². The van der Waals surface area contributed by atoms with Crippen LogP contribution < -0.4 is 16.4 Å². The van der Waals surface area contributed by atoms with Gasteiger partial charge >= 0.3 is 6.09 Å². The molecule has 0 atom stereocenters. The van der Waals surface area contributed by atoms with Crippen LogP contribution in [0.5, 0.6) is 0 Å².